The highest BCUT2D eigenvalue weighted by Crippen LogP contribution is 2.20. The fourth-order valence-corrected chi connectivity index (χ4v) is 2.07. The van der Waals surface area contributed by atoms with Crippen LogP contribution < -0.4 is 0 Å². The maximum atomic E-state index is 11.9. The zero-order valence-corrected chi connectivity index (χ0v) is 10.8. The van der Waals surface area contributed by atoms with E-state index in [1.165, 1.54) is 6.08 Å². The Hall–Kier alpha value is -2.12. The fraction of sp³-hybridized carbons (Fsp3) is 0.333. The van der Waals surface area contributed by atoms with Crippen molar-refractivity contribution in [3.63, 3.8) is 0 Å². The molecule has 98 valence electrons. The molecule has 19 heavy (non-hydrogen) atoms. The summed E-state index contributed by atoms with van der Waals surface area (Å²) < 4.78 is 0. The van der Waals surface area contributed by atoms with Crippen LogP contribution in [0.1, 0.15) is 24.5 Å². The first-order valence-electron chi connectivity index (χ1n) is 6.20. The van der Waals surface area contributed by atoms with Crippen LogP contribution in [0.25, 0.3) is 6.08 Å². The van der Waals surface area contributed by atoms with Crippen LogP contribution in [0.5, 0.6) is 0 Å². The summed E-state index contributed by atoms with van der Waals surface area (Å²) in [6.07, 6.45) is 3.84. The summed E-state index contributed by atoms with van der Waals surface area (Å²) in [5.41, 5.74) is 0.704. The Morgan fingerprint density at radius 3 is 2.68 bits per heavy atom. The Balaban J connectivity index is 1.98. The molecule has 1 heterocycles. The molecule has 4 heteroatoms. The molecular weight excluding hydrogens is 240 g/mol. The molecule has 1 atom stereocenters. The molecule has 1 unspecified atom stereocenters. The number of carbonyl (C=O) groups excluding carboxylic acids is 1. The largest absolute Gasteiger partial charge is 0.388 e. The van der Waals surface area contributed by atoms with E-state index in [1.54, 1.807) is 42.2 Å². The van der Waals surface area contributed by atoms with Gasteiger partial charge in [-0.15, -0.1) is 0 Å². The molecule has 2 rings (SSSR count). The number of hydrogen-bond donors (Lipinski definition) is 1. The molecule has 0 aliphatic carbocycles. The lowest BCUT2D eigenvalue weighted by Gasteiger charge is -2.17. The number of hydrogen-bond acceptors (Lipinski definition) is 3. The monoisotopic (exact) mass is 256 g/mol. The van der Waals surface area contributed by atoms with Crippen LogP contribution in [0.3, 0.4) is 0 Å². The zero-order valence-electron chi connectivity index (χ0n) is 10.8. The van der Waals surface area contributed by atoms with E-state index in [0.29, 0.717) is 25.1 Å². The zero-order chi connectivity index (χ0) is 13.9. The summed E-state index contributed by atoms with van der Waals surface area (Å²) in [4.78, 5) is 13.5. The van der Waals surface area contributed by atoms with E-state index in [2.05, 4.69) is 0 Å². The van der Waals surface area contributed by atoms with Gasteiger partial charge in [0.05, 0.1) is 17.2 Å². The molecule has 1 saturated heterocycles. The van der Waals surface area contributed by atoms with Gasteiger partial charge in [-0.1, -0.05) is 12.1 Å². The number of carbonyl (C=O) groups is 1. The maximum absolute atomic E-state index is 11.9. The standard InChI is InChI=1S/C15H16N2O2/c1-15(19)8-9-17(11-15)14(18)7-6-12-2-4-13(10-16)5-3-12/h2-7,19H,8-9,11H2,1H3/b7-6+. The summed E-state index contributed by atoms with van der Waals surface area (Å²) >= 11 is 0. The smallest absolute Gasteiger partial charge is 0.246 e. The van der Waals surface area contributed by atoms with E-state index in [0.717, 1.165) is 5.56 Å². The van der Waals surface area contributed by atoms with Gasteiger partial charge in [-0.2, -0.15) is 5.26 Å². The van der Waals surface area contributed by atoms with Crippen LogP contribution in [-0.4, -0.2) is 34.6 Å². The van der Waals surface area contributed by atoms with Crippen LogP contribution in [-0.2, 0) is 4.79 Å². The molecule has 0 spiro atoms. The summed E-state index contributed by atoms with van der Waals surface area (Å²) in [6, 6.07) is 9.06. The topological polar surface area (TPSA) is 64.3 Å². The third kappa shape index (κ3) is 3.43. The van der Waals surface area contributed by atoms with Gasteiger partial charge in [-0.25, -0.2) is 0 Å². The minimum atomic E-state index is -0.766. The SMILES string of the molecule is CC1(O)CCN(C(=O)/C=C/c2ccc(C#N)cc2)C1. The number of β-amino-alcohol motifs (C(OH)–C–C–N with tert-alkyl or cyclic N) is 1. The highest BCUT2D eigenvalue weighted by atomic mass is 16.3. The molecule has 0 saturated carbocycles. The van der Waals surface area contributed by atoms with Crippen LogP contribution in [0.15, 0.2) is 30.3 Å². The van der Waals surface area contributed by atoms with Gasteiger partial charge in [0.1, 0.15) is 0 Å². The van der Waals surface area contributed by atoms with Crippen molar-refractivity contribution in [3.8, 4) is 6.07 Å². The quantitative estimate of drug-likeness (QED) is 0.817. The van der Waals surface area contributed by atoms with Crippen molar-refractivity contribution in [1.29, 1.82) is 5.26 Å². The number of amides is 1. The van der Waals surface area contributed by atoms with Crippen molar-refractivity contribution >= 4 is 12.0 Å². The first kappa shape index (κ1) is 13.3. The van der Waals surface area contributed by atoms with E-state index < -0.39 is 5.60 Å². The summed E-state index contributed by atoms with van der Waals surface area (Å²) in [7, 11) is 0. The maximum Gasteiger partial charge on any atom is 0.246 e. The van der Waals surface area contributed by atoms with Crippen molar-refractivity contribution in [2.75, 3.05) is 13.1 Å². The third-order valence-electron chi connectivity index (χ3n) is 3.22. The Kier molecular flexibility index (Phi) is 3.68. The second-order valence-corrected chi connectivity index (χ2v) is 5.07. The van der Waals surface area contributed by atoms with Crippen molar-refractivity contribution in [2.24, 2.45) is 0 Å². The minimum Gasteiger partial charge on any atom is -0.388 e. The predicted octanol–water partition coefficient (Wildman–Crippen LogP) is 1.55. The number of rotatable bonds is 2. The molecule has 0 bridgehead atoms. The van der Waals surface area contributed by atoms with E-state index in [-0.39, 0.29) is 5.91 Å². The number of nitriles is 1. The van der Waals surface area contributed by atoms with Crippen molar-refractivity contribution in [3.05, 3.63) is 41.5 Å². The molecule has 0 aromatic heterocycles. The summed E-state index contributed by atoms with van der Waals surface area (Å²) in [6.45, 7) is 2.71. The third-order valence-corrected chi connectivity index (χ3v) is 3.22. The van der Waals surface area contributed by atoms with Crippen LogP contribution in [0, 0.1) is 11.3 Å². The molecule has 1 amide bonds. The molecule has 1 N–H and O–H groups in total. The van der Waals surface area contributed by atoms with Gasteiger partial charge in [0.2, 0.25) is 5.91 Å². The van der Waals surface area contributed by atoms with Crippen molar-refractivity contribution in [2.45, 2.75) is 18.9 Å². The molecule has 0 radical (unpaired) electrons. The molecular formula is C15H16N2O2. The average molecular weight is 256 g/mol. The summed E-state index contributed by atoms with van der Waals surface area (Å²) in [5, 5.41) is 18.5. The van der Waals surface area contributed by atoms with Gasteiger partial charge >= 0.3 is 0 Å². The number of aliphatic hydroxyl groups is 1. The molecule has 4 nitrogen and oxygen atoms in total. The number of nitrogens with zero attached hydrogens (tertiary/aromatic N) is 2. The lowest BCUT2D eigenvalue weighted by molar-refractivity contribution is -0.125. The van der Waals surface area contributed by atoms with Gasteiger partial charge in [-0.3, -0.25) is 4.79 Å². The van der Waals surface area contributed by atoms with Crippen molar-refractivity contribution < 1.29 is 9.90 Å². The van der Waals surface area contributed by atoms with E-state index in [4.69, 9.17) is 5.26 Å². The summed E-state index contributed by atoms with van der Waals surface area (Å²) in [5.74, 6) is -0.0952. The van der Waals surface area contributed by atoms with E-state index in [1.807, 2.05) is 6.07 Å². The molecule has 1 fully saturated rings. The van der Waals surface area contributed by atoms with Gasteiger partial charge in [-0.05, 0) is 37.1 Å². The molecule has 1 aromatic rings. The number of benzene rings is 1. The number of likely N-dealkylation sites (tertiary alicyclic amines) is 1. The Morgan fingerprint density at radius 1 is 1.47 bits per heavy atom. The highest BCUT2D eigenvalue weighted by molar-refractivity contribution is 5.92. The van der Waals surface area contributed by atoms with Gasteiger partial charge in [0.25, 0.3) is 0 Å². The normalized spacial score (nSPS) is 22.7. The second-order valence-electron chi connectivity index (χ2n) is 5.07. The first-order chi connectivity index (χ1) is 9.00. The predicted molar refractivity (Wildman–Crippen MR) is 72.0 cm³/mol. The van der Waals surface area contributed by atoms with Crippen LogP contribution in [0.4, 0.5) is 0 Å². The molecule has 1 aromatic carbocycles. The fourth-order valence-electron chi connectivity index (χ4n) is 2.07. The highest BCUT2D eigenvalue weighted by Gasteiger charge is 2.32. The first-order valence-corrected chi connectivity index (χ1v) is 6.20. The van der Waals surface area contributed by atoms with E-state index in [9.17, 15) is 9.90 Å². The van der Waals surface area contributed by atoms with Gasteiger partial charge < -0.3 is 10.0 Å². The Bertz CT molecular complexity index is 538. The van der Waals surface area contributed by atoms with Crippen LogP contribution >= 0.6 is 0 Å². The average Bonchev–Trinajstić information content (AvgIpc) is 2.77. The van der Waals surface area contributed by atoms with Gasteiger partial charge in [0, 0.05) is 19.2 Å². The van der Waals surface area contributed by atoms with E-state index >= 15 is 0 Å². The molecule has 1 aliphatic heterocycles. The lowest BCUT2D eigenvalue weighted by Crippen LogP contribution is -2.32. The Morgan fingerprint density at radius 2 is 2.16 bits per heavy atom. The lowest BCUT2D eigenvalue weighted by atomic mass is 10.1. The molecule has 1 aliphatic rings. The minimum absolute atomic E-state index is 0.0952. The second kappa shape index (κ2) is 5.25. The Labute approximate surface area is 112 Å². The van der Waals surface area contributed by atoms with Crippen LogP contribution in [0.2, 0.25) is 0 Å². The van der Waals surface area contributed by atoms with Crippen molar-refractivity contribution in [1.82, 2.24) is 4.90 Å². The van der Waals surface area contributed by atoms with Gasteiger partial charge in [0.15, 0.2) is 0 Å².